The maximum absolute atomic E-state index is 12.8. The lowest BCUT2D eigenvalue weighted by molar-refractivity contribution is -0.147. The SMILES string of the molecule is O=C(N[C@H]1CCN2C(=O)[C@@H](Cc3ccccc3)NC(=O)[C@H]12)c1ccco1. The standard InChI is InChI=1S/C19H19N3O4/c23-17(15-7-4-10-26-15)20-13-8-9-22-16(13)18(24)21-14(19(22)25)11-12-5-2-1-3-6-12/h1-7,10,13-14,16H,8-9,11H2,(H,20,23)(H,21,24)/t13-,14+,16-/m0/s1. The van der Waals surface area contributed by atoms with E-state index >= 15 is 0 Å². The molecular weight excluding hydrogens is 334 g/mol. The van der Waals surface area contributed by atoms with E-state index in [9.17, 15) is 14.4 Å². The summed E-state index contributed by atoms with van der Waals surface area (Å²) in [6, 6.07) is 11.1. The molecule has 1 aromatic heterocycles. The van der Waals surface area contributed by atoms with E-state index in [2.05, 4.69) is 10.6 Å². The predicted molar refractivity (Wildman–Crippen MR) is 92.2 cm³/mol. The summed E-state index contributed by atoms with van der Waals surface area (Å²) in [6.45, 7) is 0.450. The molecule has 4 rings (SSSR count). The van der Waals surface area contributed by atoms with Gasteiger partial charge in [-0.1, -0.05) is 30.3 Å². The highest BCUT2D eigenvalue weighted by Crippen LogP contribution is 2.24. The van der Waals surface area contributed by atoms with Crippen LogP contribution in [0.5, 0.6) is 0 Å². The molecule has 2 N–H and O–H groups in total. The Labute approximate surface area is 150 Å². The number of carbonyl (C=O) groups is 3. The smallest absolute Gasteiger partial charge is 0.287 e. The van der Waals surface area contributed by atoms with Crippen LogP contribution in [0.3, 0.4) is 0 Å². The molecule has 0 spiro atoms. The summed E-state index contributed by atoms with van der Waals surface area (Å²) >= 11 is 0. The van der Waals surface area contributed by atoms with Crippen molar-refractivity contribution in [2.75, 3.05) is 6.54 Å². The molecule has 134 valence electrons. The van der Waals surface area contributed by atoms with Gasteiger partial charge in [0, 0.05) is 13.0 Å². The van der Waals surface area contributed by atoms with Crippen LogP contribution in [0.2, 0.25) is 0 Å². The van der Waals surface area contributed by atoms with Crippen molar-refractivity contribution in [2.24, 2.45) is 0 Å². The highest BCUT2D eigenvalue weighted by molar-refractivity contribution is 5.99. The van der Waals surface area contributed by atoms with Gasteiger partial charge in [-0.2, -0.15) is 0 Å². The molecule has 0 unspecified atom stereocenters. The number of nitrogens with zero attached hydrogens (tertiary/aromatic N) is 1. The number of hydrogen-bond acceptors (Lipinski definition) is 4. The molecular formula is C19H19N3O4. The zero-order valence-electron chi connectivity index (χ0n) is 14.1. The van der Waals surface area contributed by atoms with Crippen molar-refractivity contribution >= 4 is 17.7 Å². The van der Waals surface area contributed by atoms with E-state index < -0.39 is 18.1 Å². The van der Waals surface area contributed by atoms with E-state index in [0.29, 0.717) is 19.4 Å². The van der Waals surface area contributed by atoms with Gasteiger partial charge in [0.25, 0.3) is 5.91 Å². The average Bonchev–Trinajstić information content (AvgIpc) is 3.31. The molecule has 2 aliphatic heterocycles. The van der Waals surface area contributed by atoms with Crippen molar-refractivity contribution in [1.29, 1.82) is 0 Å². The minimum atomic E-state index is -0.673. The van der Waals surface area contributed by atoms with Gasteiger partial charge in [0.05, 0.1) is 12.3 Å². The Morgan fingerprint density at radius 3 is 2.73 bits per heavy atom. The molecule has 26 heavy (non-hydrogen) atoms. The fourth-order valence-corrected chi connectivity index (χ4v) is 3.67. The fraction of sp³-hybridized carbons (Fsp3) is 0.316. The van der Waals surface area contributed by atoms with E-state index in [-0.39, 0.29) is 23.5 Å². The Morgan fingerprint density at radius 2 is 2.00 bits per heavy atom. The molecule has 3 atom stereocenters. The van der Waals surface area contributed by atoms with Crippen LogP contribution in [-0.4, -0.2) is 47.3 Å². The predicted octanol–water partition coefficient (Wildman–Crippen LogP) is 0.720. The second-order valence-electron chi connectivity index (χ2n) is 6.57. The van der Waals surface area contributed by atoms with E-state index in [0.717, 1.165) is 5.56 Å². The van der Waals surface area contributed by atoms with Gasteiger partial charge in [-0.05, 0) is 24.1 Å². The maximum Gasteiger partial charge on any atom is 0.287 e. The van der Waals surface area contributed by atoms with Gasteiger partial charge in [0.2, 0.25) is 11.8 Å². The summed E-state index contributed by atoms with van der Waals surface area (Å²) in [5, 5.41) is 5.63. The van der Waals surface area contributed by atoms with E-state index in [1.165, 1.54) is 6.26 Å². The molecule has 3 amide bonds. The highest BCUT2D eigenvalue weighted by Gasteiger charge is 2.48. The summed E-state index contributed by atoms with van der Waals surface area (Å²) in [5.41, 5.74) is 0.992. The quantitative estimate of drug-likeness (QED) is 0.847. The van der Waals surface area contributed by atoms with Crippen molar-refractivity contribution in [3.63, 3.8) is 0 Å². The molecule has 3 heterocycles. The number of benzene rings is 1. The van der Waals surface area contributed by atoms with Crippen LogP contribution in [0.15, 0.2) is 53.1 Å². The van der Waals surface area contributed by atoms with Crippen LogP contribution >= 0.6 is 0 Å². The highest BCUT2D eigenvalue weighted by atomic mass is 16.3. The molecule has 0 radical (unpaired) electrons. The third-order valence-electron chi connectivity index (χ3n) is 4.91. The van der Waals surface area contributed by atoms with Crippen molar-refractivity contribution in [2.45, 2.75) is 31.0 Å². The minimum Gasteiger partial charge on any atom is -0.459 e. The number of amides is 3. The largest absolute Gasteiger partial charge is 0.459 e. The molecule has 2 fully saturated rings. The molecule has 2 saturated heterocycles. The van der Waals surface area contributed by atoms with E-state index in [1.54, 1.807) is 17.0 Å². The topological polar surface area (TPSA) is 91.7 Å². The lowest BCUT2D eigenvalue weighted by Crippen LogP contribution is -2.65. The molecule has 7 heteroatoms. The van der Waals surface area contributed by atoms with Crippen LogP contribution in [0, 0.1) is 0 Å². The molecule has 1 aromatic carbocycles. The fourth-order valence-electron chi connectivity index (χ4n) is 3.67. The van der Waals surface area contributed by atoms with Crippen molar-refractivity contribution in [3.05, 3.63) is 60.1 Å². The van der Waals surface area contributed by atoms with Gasteiger partial charge in [0.1, 0.15) is 12.1 Å². The third-order valence-corrected chi connectivity index (χ3v) is 4.91. The molecule has 2 aromatic rings. The zero-order valence-corrected chi connectivity index (χ0v) is 14.1. The first-order valence-electron chi connectivity index (χ1n) is 8.62. The van der Waals surface area contributed by atoms with Gasteiger partial charge in [-0.15, -0.1) is 0 Å². The zero-order chi connectivity index (χ0) is 18.1. The Bertz CT molecular complexity index is 819. The molecule has 0 aliphatic carbocycles. The average molecular weight is 353 g/mol. The first-order chi connectivity index (χ1) is 12.6. The molecule has 2 aliphatic rings. The summed E-state index contributed by atoms with van der Waals surface area (Å²) in [4.78, 5) is 39.2. The van der Waals surface area contributed by atoms with E-state index in [1.807, 2.05) is 30.3 Å². The van der Waals surface area contributed by atoms with Crippen LogP contribution < -0.4 is 10.6 Å². The minimum absolute atomic E-state index is 0.104. The summed E-state index contributed by atoms with van der Waals surface area (Å²) in [6.07, 6.45) is 2.41. The number of piperazine rings is 1. The van der Waals surface area contributed by atoms with Crippen LogP contribution in [0.25, 0.3) is 0 Å². The van der Waals surface area contributed by atoms with Crippen LogP contribution in [0.4, 0.5) is 0 Å². The number of rotatable bonds is 4. The number of furan rings is 1. The van der Waals surface area contributed by atoms with Gasteiger partial charge >= 0.3 is 0 Å². The van der Waals surface area contributed by atoms with Crippen LogP contribution in [0.1, 0.15) is 22.5 Å². The first kappa shape index (κ1) is 16.4. The third kappa shape index (κ3) is 2.96. The molecule has 7 nitrogen and oxygen atoms in total. The number of hydrogen-bond donors (Lipinski definition) is 2. The Hall–Kier alpha value is -3.09. The monoisotopic (exact) mass is 353 g/mol. The number of fused-ring (bicyclic) bond motifs is 1. The Balaban J connectivity index is 1.46. The van der Waals surface area contributed by atoms with Gasteiger partial charge in [-0.25, -0.2) is 0 Å². The molecule has 0 bridgehead atoms. The summed E-state index contributed by atoms with van der Waals surface area (Å²) in [5.74, 6) is -0.526. The lowest BCUT2D eigenvalue weighted by Gasteiger charge is -2.36. The molecule has 0 saturated carbocycles. The van der Waals surface area contributed by atoms with Crippen molar-refractivity contribution < 1.29 is 18.8 Å². The van der Waals surface area contributed by atoms with Crippen molar-refractivity contribution in [1.82, 2.24) is 15.5 Å². The van der Waals surface area contributed by atoms with E-state index in [4.69, 9.17) is 4.42 Å². The van der Waals surface area contributed by atoms with Gasteiger partial charge < -0.3 is 20.0 Å². The normalized spacial score (nSPS) is 24.9. The first-order valence-corrected chi connectivity index (χ1v) is 8.62. The maximum atomic E-state index is 12.8. The number of carbonyl (C=O) groups excluding carboxylic acids is 3. The Morgan fingerprint density at radius 1 is 1.19 bits per heavy atom. The number of nitrogens with one attached hydrogen (secondary N) is 2. The summed E-state index contributed by atoms with van der Waals surface area (Å²) < 4.78 is 5.08. The second kappa shape index (κ2) is 6.67. The second-order valence-corrected chi connectivity index (χ2v) is 6.57. The summed E-state index contributed by atoms with van der Waals surface area (Å²) in [7, 11) is 0. The Kier molecular flexibility index (Phi) is 4.20. The van der Waals surface area contributed by atoms with Crippen molar-refractivity contribution in [3.8, 4) is 0 Å². The van der Waals surface area contributed by atoms with Crippen LogP contribution in [-0.2, 0) is 16.0 Å². The van der Waals surface area contributed by atoms with Gasteiger partial charge in [0.15, 0.2) is 5.76 Å². The van der Waals surface area contributed by atoms with Gasteiger partial charge in [-0.3, -0.25) is 14.4 Å². The lowest BCUT2D eigenvalue weighted by atomic mass is 9.99.